The molecular weight excluding hydrogens is 192 g/mol. The molecular formula is C9H14N6. The highest BCUT2D eigenvalue weighted by molar-refractivity contribution is 5.68. The third-order valence-corrected chi connectivity index (χ3v) is 2.12. The van der Waals surface area contributed by atoms with Crippen LogP contribution in [0.4, 0.5) is 17.2 Å². The predicted molar refractivity (Wildman–Crippen MR) is 58.8 cm³/mol. The van der Waals surface area contributed by atoms with E-state index < -0.39 is 0 Å². The standard InChI is InChI=1S/C9H14N6/c1-6-8(5-15(3)12-6)11-9-7(10)4-14(2)13-9/h4-5H,10H2,1-3H3,(H,11,13). The Balaban J connectivity index is 2.29. The molecule has 0 fully saturated rings. The molecule has 15 heavy (non-hydrogen) atoms. The van der Waals surface area contributed by atoms with Gasteiger partial charge in [-0.15, -0.1) is 0 Å². The molecule has 0 spiro atoms. The van der Waals surface area contributed by atoms with Crippen LogP contribution in [0.15, 0.2) is 12.4 Å². The molecule has 0 bridgehead atoms. The fourth-order valence-electron chi connectivity index (χ4n) is 1.45. The number of rotatable bonds is 2. The maximum Gasteiger partial charge on any atom is 0.175 e. The molecule has 0 aliphatic carbocycles. The highest BCUT2D eigenvalue weighted by Crippen LogP contribution is 2.22. The zero-order valence-corrected chi connectivity index (χ0v) is 9.02. The molecule has 2 rings (SSSR count). The lowest BCUT2D eigenvalue weighted by Crippen LogP contribution is -1.96. The molecule has 6 heteroatoms. The number of aromatic nitrogens is 4. The van der Waals surface area contributed by atoms with Crippen molar-refractivity contribution in [3.63, 3.8) is 0 Å². The van der Waals surface area contributed by atoms with Gasteiger partial charge in [-0.05, 0) is 6.92 Å². The van der Waals surface area contributed by atoms with Crippen LogP contribution in [0.25, 0.3) is 0 Å². The summed E-state index contributed by atoms with van der Waals surface area (Å²) in [5, 5.41) is 11.6. The normalized spacial score (nSPS) is 10.6. The lowest BCUT2D eigenvalue weighted by Gasteiger charge is -2.00. The zero-order chi connectivity index (χ0) is 11.0. The van der Waals surface area contributed by atoms with Gasteiger partial charge in [0.25, 0.3) is 0 Å². The van der Waals surface area contributed by atoms with Crippen LogP contribution in [0.5, 0.6) is 0 Å². The van der Waals surface area contributed by atoms with Crippen LogP contribution >= 0.6 is 0 Å². The van der Waals surface area contributed by atoms with Crippen LogP contribution < -0.4 is 11.1 Å². The van der Waals surface area contributed by atoms with Crippen LogP contribution in [-0.2, 0) is 14.1 Å². The summed E-state index contributed by atoms with van der Waals surface area (Å²) in [6, 6.07) is 0. The minimum Gasteiger partial charge on any atom is -0.394 e. The number of nitrogens with two attached hydrogens (primary N) is 1. The Kier molecular flexibility index (Phi) is 2.11. The number of nitrogens with one attached hydrogen (secondary N) is 1. The number of hydrogen-bond acceptors (Lipinski definition) is 4. The van der Waals surface area contributed by atoms with Crippen LogP contribution in [0.2, 0.25) is 0 Å². The summed E-state index contributed by atoms with van der Waals surface area (Å²) in [7, 11) is 3.71. The van der Waals surface area contributed by atoms with E-state index in [2.05, 4.69) is 15.5 Å². The molecule has 2 aromatic rings. The van der Waals surface area contributed by atoms with Gasteiger partial charge >= 0.3 is 0 Å². The molecule has 3 N–H and O–H groups in total. The Hall–Kier alpha value is -1.98. The lowest BCUT2D eigenvalue weighted by atomic mass is 10.4. The van der Waals surface area contributed by atoms with Crippen LogP contribution in [0.3, 0.4) is 0 Å². The Bertz CT molecular complexity index is 437. The SMILES string of the molecule is Cc1nn(C)cc1Nc1nn(C)cc1N. The monoisotopic (exact) mass is 206 g/mol. The highest BCUT2D eigenvalue weighted by atomic mass is 15.3. The first-order valence-corrected chi connectivity index (χ1v) is 4.62. The molecule has 0 atom stereocenters. The van der Waals surface area contributed by atoms with Gasteiger partial charge in [0.2, 0.25) is 0 Å². The average Bonchev–Trinajstić information content (AvgIpc) is 2.58. The summed E-state index contributed by atoms with van der Waals surface area (Å²) >= 11 is 0. The van der Waals surface area contributed by atoms with Gasteiger partial charge in [0.05, 0.1) is 17.1 Å². The van der Waals surface area contributed by atoms with Crippen molar-refractivity contribution in [2.75, 3.05) is 11.1 Å². The number of hydrogen-bond donors (Lipinski definition) is 2. The minimum atomic E-state index is 0.626. The Labute approximate surface area is 87.7 Å². The second kappa shape index (κ2) is 3.30. The second-order valence-corrected chi connectivity index (χ2v) is 3.53. The molecule has 0 unspecified atom stereocenters. The molecule has 0 saturated heterocycles. The first-order valence-electron chi connectivity index (χ1n) is 4.62. The van der Waals surface area contributed by atoms with Crippen molar-refractivity contribution < 1.29 is 0 Å². The summed E-state index contributed by atoms with van der Waals surface area (Å²) in [4.78, 5) is 0. The Morgan fingerprint density at radius 3 is 2.33 bits per heavy atom. The van der Waals surface area contributed by atoms with Gasteiger partial charge in [0, 0.05) is 26.5 Å². The van der Waals surface area contributed by atoms with Crippen molar-refractivity contribution >= 4 is 17.2 Å². The van der Waals surface area contributed by atoms with E-state index in [0.29, 0.717) is 11.5 Å². The Morgan fingerprint density at radius 2 is 1.87 bits per heavy atom. The summed E-state index contributed by atoms with van der Waals surface area (Å²) in [6.07, 6.45) is 3.65. The first kappa shape index (κ1) is 9.57. The van der Waals surface area contributed by atoms with Crippen molar-refractivity contribution in [1.82, 2.24) is 19.6 Å². The zero-order valence-electron chi connectivity index (χ0n) is 9.02. The molecule has 6 nitrogen and oxygen atoms in total. The second-order valence-electron chi connectivity index (χ2n) is 3.53. The summed E-state index contributed by atoms with van der Waals surface area (Å²) in [5.41, 5.74) is 8.24. The van der Waals surface area contributed by atoms with Gasteiger partial charge in [-0.2, -0.15) is 10.2 Å². The van der Waals surface area contributed by atoms with Crippen molar-refractivity contribution in [2.45, 2.75) is 6.92 Å². The smallest absolute Gasteiger partial charge is 0.175 e. The number of aryl methyl sites for hydroxylation is 3. The minimum absolute atomic E-state index is 0.626. The molecule has 2 heterocycles. The molecule has 0 aliphatic rings. The van der Waals surface area contributed by atoms with Gasteiger partial charge in [-0.25, -0.2) is 0 Å². The molecule has 0 aromatic carbocycles. The van der Waals surface area contributed by atoms with Crippen LogP contribution in [0.1, 0.15) is 5.69 Å². The van der Waals surface area contributed by atoms with E-state index in [1.807, 2.05) is 27.2 Å². The predicted octanol–water partition coefficient (Wildman–Crippen LogP) is 0.788. The maximum atomic E-state index is 5.77. The summed E-state index contributed by atoms with van der Waals surface area (Å²) in [5.74, 6) is 0.661. The fourth-order valence-corrected chi connectivity index (χ4v) is 1.45. The number of nitrogen functional groups attached to an aromatic ring is 1. The quantitative estimate of drug-likeness (QED) is 0.761. The highest BCUT2D eigenvalue weighted by Gasteiger charge is 2.08. The van der Waals surface area contributed by atoms with Gasteiger partial charge in [0.15, 0.2) is 5.82 Å². The molecule has 0 amide bonds. The van der Waals surface area contributed by atoms with Gasteiger partial charge in [-0.3, -0.25) is 9.36 Å². The van der Waals surface area contributed by atoms with E-state index in [9.17, 15) is 0 Å². The van der Waals surface area contributed by atoms with E-state index in [4.69, 9.17) is 5.73 Å². The van der Waals surface area contributed by atoms with Crippen molar-refractivity contribution in [3.05, 3.63) is 18.1 Å². The van der Waals surface area contributed by atoms with Gasteiger partial charge in [0.1, 0.15) is 0 Å². The molecule has 0 aliphatic heterocycles. The van der Waals surface area contributed by atoms with E-state index >= 15 is 0 Å². The van der Waals surface area contributed by atoms with Gasteiger partial charge in [-0.1, -0.05) is 0 Å². The largest absolute Gasteiger partial charge is 0.394 e. The average molecular weight is 206 g/mol. The third-order valence-electron chi connectivity index (χ3n) is 2.12. The maximum absolute atomic E-state index is 5.77. The molecule has 0 radical (unpaired) electrons. The van der Waals surface area contributed by atoms with Crippen molar-refractivity contribution in [1.29, 1.82) is 0 Å². The topological polar surface area (TPSA) is 73.7 Å². The van der Waals surface area contributed by atoms with E-state index in [-0.39, 0.29) is 0 Å². The summed E-state index contributed by atoms with van der Waals surface area (Å²) in [6.45, 7) is 1.93. The van der Waals surface area contributed by atoms with E-state index in [1.54, 1.807) is 15.6 Å². The van der Waals surface area contributed by atoms with Gasteiger partial charge < -0.3 is 11.1 Å². The van der Waals surface area contributed by atoms with Crippen molar-refractivity contribution in [3.8, 4) is 0 Å². The number of nitrogens with zero attached hydrogens (tertiary/aromatic N) is 4. The fraction of sp³-hybridized carbons (Fsp3) is 0.333. The lowest BCUT2D eigenvalue weighted by molar-refractivity contribution is 0.756. The number of anilines is 3. The molecule has 80 valence electrons. The van der Waals surface area contributed by atoms with Crippen LogP contribution in [0, 0.1) is 6.92 Å². The molecule has 0 saturated carbocycles. The Morgan fingerprint density at radius 1 is 1.20 bits per heavy atom. The van der Waals surface area contributed by atoms with Crippen molar-refractivity contribution in [2.24, 2.45) is 14.1 Å². The van der Waals surface area contributed by atoms with Crippen LogP contribution in [-0.4, -0.2) is 19.6 Å². The van der Waals surface area contributed by atoms with E-state index in [0.717, 1.165) is 11.4 Å². The van der Waals surface area contributed by atoms with E-state index in [1.165, 1.54) is 0 Å². The summed E-state index contributed by atoms with van der Waals surface area (Å²) < 4.78 is 3.42. The third kappa shape index (κ3) is 1.78. The molecule has 2 aromatic heterocycles. The first-order chi connectivity index (χ1) is 7.06.